The normalized spacial score (nSPS) is 10.4. The first-order valence-corrected chi connectivity index (χ1v) is 6.84. The Morgan fingerprint density at radius 1 is 1.10 bits per heavy atom. The van der Waals surface area contributed by atoms with Crippen molar-refractivity contribution in [1.82, 2.24) is 5.43 Å². The number of benzene rings is 2. The Morgan fingerprint density at radius 2 is 1.80 bits per heavy atom. The molecule has 0 amide bonds. The van der Waals surface area contributed by atoms with Gasteiger partial charge in [0.1, 0.15) is 0 Å². The van der Waals surface area contributed by atoms with E-state index in [0.29, 0.717) is 5.11 Å². The van der Waals surface area contributed by atoms with Crippen molar-refractivity contribution in [2.75, 3.05) is 5.32 Å². The maximum absolute atomic E-state index is 5.16. The zero-order chi connectivity index (χ0) is 14.2. The van der Waals surface area contributed by atoms with Gasteiger partial charge in [-0.1, -0.05) is 48.0 Å². The average Bonchev–Trinajstić information content (AvgIpc) is 2.47. The molecule has 0 atom stereocenters. The van der Waals surface area contributed by atoms with Crippen LogP contribution in [0.4, 0.5) is 5.69 Å². The van der Waals surface area contributed by atoms with E-state index in [1.54, 1.807) is 6.21 Å². The zero-order valence-corrected chi connectivity index (χ0v) is 12.2. The van der Waals surface area contributed by atoms with E-state index in [1.165, 1.54) is 11.1 Å². The Balaban J connectivity index is 1.76. The molecule has 0 aliphatic rings. The molecule has 2 N–H and O–H groups in total. The highest BCUT2D eigenvalue weighted by molar-refractivity contribution is 7.80. The Bertz CT molecular complexity index is 576. The number of anilines is 1. The molecule has 0 aromatic heterocycles. The third kappa shape index (κ3) is 4.82. The largest absolute Gasteiger partial charge is 0.331 e. The van der Waals surface area contributed by atoms with Gasteiger partial charge >= 0.3 is 0 Å². The molecule has 0 saturated carbocycles. The number of hydrogen-bond acceptors (Lipinski definition) is 2. The molecule has 0 bridgehead atoms. The van der Waals surface area contributed by atoms with E-state index >= 15 is 0 Å². The predicted octanol–water partition coefficient (Wildman–Crippen LogP) is 3.51. The summed E-state index contributed by atoms with van der Waals surface area (Å²) >= 11 is 5.16. The lowest BCUT2D eigenvalue weighted by atomic mass is 10.2. The van der Waals surface area contributed by atoms with Crippen LogP contribution in [0.25, 0.3) is 0 Å². The van der Waals surface area contributed by atoms with Gasteiger partial charge in [-0.05, 0) is 36.8 Å². The molecule has 0 unspecified atom stereocenters. The minimum absolute atomic E-state index is 0.484. The zero-order valence-electron chi connectivity index (χ0n) is 11.3. The van der Waals surface area contributed by atoms with Crippen LogP contribution in [0.3, 0.4) is 0 Å². The molecule has 4 heteroatoms. The minimum Gasteiger partial charge on any atom is -0.331 e. The topological polar surface area (TPSA) is 36.4 Å². The molecule has 2 rings (SSSR count). The molecule has 102 valence electrons. The molecule has 0 fully saturated rings. The fraction of sp³-hybridized carbons (Fsp3) is 0.125. The summed E-state index contributed by atoms with van der Waals surface area (Å²) in [7, 11) is 0. The Morgan fingerprint density at radius 3 is 2.50 bits per heavy atom. The Kier molecular flexibility index (Phi) is 5.26. The summed E-state index contributed by atoms with van der Waals surface area (Å²) in [6.45, 7) is 2.05. The van der Waals surface area contributed by atoms with Gasteiger partial charge in [0, 0.05) is 18.3 Å². The number of aryl methyl sites for hydroxylation is 1. The van der Waals surface area contributed by atoms with Crippen molar-refractivity contribution in [2.24, 2.45) is 5.10 Å². The van der Waals surface area contributed by atoms with Crippen LogP contribution in [0.15, 0.2) is 59.7 Å². The summed E-state index contributed by atoms with van der Waals surface area (Å²) in [5.74, 6) is 0. The number of nitrogens with zero attached hydrogens (tertiary/aromatic N) is 1. The van der Waals surface area contributed by atoms with Crippen LogP contribution in [-0.2, 0) is 6.42 Å². The number of hydrogen-bond donors (Lipinski definition) is 2. The van der Waals surface area contributed by atoms with Gasteiger partial charge in [0.15, 0.2) is 5.11 Å². The van der Waals surface area contributed by atoms with Gasteiger partial charge in [0.2, 0.25) is 0 Å². The van der Waals surface area contributed by atoms with Crippen molar-refractivity contribution in [2.45, 2.75) is 13.3 Å². The molecule has 0 heterocycles. The number of rotatable bonds is 4. The van der Waals surface area contributed by atoms with Crippen molar-refractivity contribution in [3.63, 3.8) is 0 Å². The quantitative estimate of drug-likeness (QED) is 0.512. The lowest BCUT2D eigenvalue weighted by Gasteiger charge is -2.06. The van der Waals surface area contributed by atoms with E-state index < -0.39 is 0 Å². The van der Waals surface area contributed by atoms with Gasteiger partial charge in [0.05, 0.1) is 0 Å². The Hall–Kier alpha value is -2.20. The summed E-state index contributed by atoms with van der Waals surface area (Å²) in [4.78, 5) is 0. The van der Waals surface area contributed by atoms with E-state index in [0.717, 1.165) is 12.1 Å². The molecule has 0 spiro atoms. The lowest BCUT2D eigenvalue weighted by Crippen LogP contribution is -2.23. The molecule has 2 aromatic carbocycles. The van der Waals surface area contributed by atoms with Gasteiger partial charge < -0.3 is 5.32 Å². The van der Waals surface area contributed by atoms with Crippen molar-refractivity contribution in [1.29, 1.82) is 0 Å². The molecular formula is C16H17N3S. The molecule has 0 aliphatic heterocycles. The maximum atomic E-state index is 5.16. The van der Waals surface area contributed by atoms with Crippen LogP contribution >= 0.6 is 12.2 Å². The van der Waals surface area contributed by atoms with Gasteiger partial charge in [-0.2, -0.15) is 5.10 Å². The summed E-state index contributed by atoms with van der Waals surface area (Å²) in [5, 5.41) is 7.66. The first-order valence-electron chi connectivity index (χ1n) is 6.43. The van der Waals surface area contributed by atoms with E-state index in [2.05, 4.69) is 28.0 Å². The summed E-state index contributed by atoms with van der Waals surface area (Å²) < 4.78 is 0. The summed E-state index contributed by atoms with van der Waals surface area (Å²) in [5.41, 5.74) is 6.19. The minimum atomic E-state index is 0.484. The monoisotopic (exact) mass is 283 g/mol. The van der Waals surface area contributed by atoms with Crippen LogP contribution < -0.4 is 10.7 Å². The fourth-order valence-corrected chi connectivity index (χ4v) is 1.84. The highest BCUT2D eigenvalue weighted by atomic mass is 32.1. The second-order valence-corrected chi connectivity index (χ2v) is 4.84. The molecule has 0 aliphatic carbocycles. The fourth-order valence-electron chi connectivity index (χ4n) is 1.67. The van der Waals surface area contributed by atoms with E-state index in [1.807, 2.05) is 49.4 Å². The molecule has 20 heavy (non-hydrogen) atoms. The maximum Gasteiger partial charge on any atom is 0.191 e. The highest BCUT2D eigenvalue weighted by Gasteiger charge is 1.95. The standard InChI is InChI=1S/C16H17N3S/c1-13-7-9-15(10-8-13)18-16(20)19-17-12-11-14-5-3-2-4-6-14/h2-10,12H,11H2,1H3,(H2,18,19,20)/b17-12+. The molecule has 2 aromatic rings. The number of thiocarbonyl (C=S) groups is 1. The smallest absolute Gasteiger partial charge is 0.191 e. The van der Waals surface area contributed by atoms with Crippen molar-refractivity contribution in [3.8, 4) is 0 Å². The summed E-state index contributed by atoms with van der Waals surface area (Å²) in [6.07, 6.45) is 2.58. The number of nitrogens with one attached hydrogen (secondary N) is 2. The van der Waals surface area contributed by atoms with E-state index in [4.69, 9.17) is 12.2 Å². The SMILES string of the molecule is Cc1ccc(NC(=S)N/N=C/Cc2ccccc2)cc1. The third-order valence-electron chi connectivity index (χ3n) is 2.74. The molecule has 0 radical (unpaired) electrons. The predicted molar refractivity (Wildman–Crippen MR) is 89.2 cm³/mol. The highest BCUT2D eigenvalue weighted by Crippen LogP contribution is 2.08. The molecule has 0 saturated heterocycles. The van der Waals surface area contributed by atoms with Crippen molar-refractivity contribution in [3.05, 3.63) is 65.7 Å². The van der Waals surface area contributed by atoms with Gasteiger partial charge in [0.25, 0.3) is 0 Å². The van der Waals surface area contributed by atoms with Crippen LogP contribution in [0, 0.1) is 6.92 Å². The van der Waals surface area contributed by atoms with Crippen molar-refractivity contribution < 1.29 is 0 Å². The van der Waals surface area contributed by atoms with Crippen LogP contribution in [-0.4, -0.2) is 11.3 Å². The van der Waals surface area contributed by atoms with E-state index in [-0.39, 0.29) is 0 Å². The molecular weight excluding hydrogens is 266 g/mol. The van der Waals surface area contributed by atoms with Crippen LogP contribution in [0.5, 0.6) is 0 Å². The van der Waals surface area contributed by atoms with Crippen LogP contribution in [0.1, 0.15) is 11.1 Å². The molecule has 3 nitrogen and oxygen atoms in total. The van der Waals surface area contributed by atoms with Gasteiger partial charge in [-0.3, -0.25) is 5.43 Å². The number of hydrazone groups is 1. The third-order valence-corrected chi connectivity index (χ3v) is 2.93. The first-order chi connectivity index (χ1) is 9.74. The second kappa shape index (κ2) is 7.40. The van der Waals surface area contributed by atoms with Gasteiger partial charge in [-0.15, -0.1) is 0 Å². The van der Waals surface area contributed by atoms with Gasteiger partial charge in [-0.25, -0.2) is 0 Å². The average molecular weight is 283 g/mol. The lowest BCUT2D eigenvalue weighted by molar-refractivity contribution is 1.04. The van der Waals surface area contributed by atoms with Crippen LogP contribution in [0.2, 0.25) is 0 Å². The van der Waals surface area contributed by atoms with E-state index in [9.17, 15) is 0 Å². The summed E-state index contributed by atoms with van der Waals surface area (Å²) in [6, 6.07) is 18.2. The second-order valence-electron chi connectivity index (χ2n) is 4.43. The first kappa shape index (κ1) is 14.2. The Labute approximate surface area is 124 Å². The van der Waals surface area contributed by atoms with Crippen molar-refractivity contribution >= 4 is 29.2 Å².